The number of nitrogens with one attached hydrogen (secondary N) is 2. The van der Waals surface area contributed by atoms with Gasteiger partial charge in [-0.3, -0.25) is 4.79 Å². The fraction of sp³-hybridized carbons (Fsp3) is 0.269. The van der Waals surface area contributed by atoms with Gasteiger partial charge >= 0.3 is 0 Å². The molecule has 0 aromatic heterocycles. The summed E-state index contributed by atoms with van der Waals surface area (Å²) in [5.74, 6) is 1.58. The van der Waals surface area contributed by atoms with Gasteiger partial charge in [0, 0.05) is 34.9 Å². The monoisotopic (exact) mass is 530 g/mol. The van der Waals surface area contributed by atoms with Crippen LogP contribution in [0.3, 0.4) is 0 Å². The number of carbonyl (C=O) groups excluding carboxylic acids is 1. The molecule has 3 aromatic carbocycles. The highest BCUT2D eigenvalue weighted by atomic mass is 79.9. The number of hydrogen-bond donors (Lipinski definition) is 2. The largest absolute Gasteiger partial charge is 0.493 e. The minimum atomic E-state index is 0.0168. The first-order valence-electron chi connectivity index (χ1n) is 10.7. The summed E-state index contributed by atoms with van der Waals surface area (Å²) in [5, 5.41) is 7.00. The van der Waals surface area contributed by atoms with Crippen LogP contribution in [0.25, 0.3) is 0 Å². The molecule has 3 rings (SSSR count). The highest BCUT2D eigenvalue weighted by Crippen LogP contribution is 2.37. The van der Waals surface area contributed by atoms with Crippen molar-refractivity contribution in [1.82, 2.24) is 0 Å². The number of ether oxygens (including phenoxy) is 2. The van der Waals surface area contributed by atoms with Crippen LogP contribution in [0.5, 0.6) is 11.5 Å². The molecule has 1 amide bonds. The third-order valence-electron chi connectivity index (χ3n) is 4.86. The van der Waals surface area contributed by atoms with E-state index in [0.29, 0.717) is 42.0 Å². The molecular formula is C26H28BrClN2O3. The average molecular weight is 532 g/mol. The Morgan fingerprint density at radius 3 is 2.55 bits per heavy atom. The first-order chi connectivity index (χ1) is 15.9. The smallest absolute Gasteiger partial charge is 0.224 e. The minimum Gasteiger partial charge on any atom is -0.493 e. The van der Waals surface area contributed by atoms with Gasteiger partial charge in [-0.15, -0.1) is 0 Å². The second-order valence-electron chi connectivity index (χ2n) is 8.07. The molecule has 0 aliphatic carbocycles. The molecule has 7 heteroatoms. The van der Waals surface area contributed by atoms with Crippen LogP contribution in [0.1, 0.15) is 31.4 Å². The Labute approximate surface area is 208 Å². The highest BCUT2D eigenvalue weighted by molar-refractivity contribution is 9.10. The Morgan fingerprint density at radius 2 is 1.82 bits per heavy atom. The average Bonchev–Trinajstić information content (AvgIpc) is 2.77. The molecule has 5 nitrogen and oxygen atoms in total. The van der Waals surface area contributed by atoms with Crippen molar-refractivity contribution < 1.29 is 14.3 Å². The Morgan fingerprint density at radius 1 is 1.06 bits per heavy atom. The molecule has 0 aliphatic rings. The van der Waals surface area contributed by atoms with Crippen molar-refractivity contribution >= 4 is 44.8 Å². The zero-order valence-electron chi connectivity index (χ0n) is 19.0. The first-order valence-corrected chi connectivity index (χ1v) is 11.9. The quantitative estimate of drug-likeness (QED) is 0.288. The van der Waals surface area contributed by atoms with Gasteiger partial charge in [-0.25, -0.2) is 0 Å². The predicted molar refractivity (Wildman–Crippen MR) is 138 cm³/mol. The van der Waals surface area contributed by atoms with Gasteiger partial charge in [-0.2, -0.15) is 0 Å². The zero-order valence-corrected chi connectivity index (χ0v) is 21.3. The molecule has 0 unspecified atom stereocenters. The summed E-state index contributed by atoms with van der Waals surface area (Å²) in [6, 6.07) is 19.2. The van der Waals surface area contributed by atoms with Gasteiger partial charge in [0.1, 0.15) is 6.61 Å². The van der Waals surface area contributed by atoms with Crippen LogP contribution >= 0.6 is 27.5 Å². The van der Waals surface area contributed by atoms with Crippen molar-refractivity contribution in [3.8, 4) is 11.5 Å². The van der Waals surface area contributed by atoms with E-state index in [2.05, 4.69) is 26.6 Å². The molecule has 0 aliphatic heterocycles. The maximum atomic E-state index is 12.0. The molecule has 2 N–H and O–H groups in total. The normalized spacial score (nSPS) is 10.7. The fourth-order valence-electron chi connectivity index (χ4n) is 3.27. The van der Waals surface area contributed by atoms with E-state index in [1.54, 1.807) is 7.11 Å². The van der Waals surface area contributed by atoms with Crippen molar-refractivity contribution in [2.75, 3.05) is 17.7 Å². The number of amides is 1. The third-order valence-corrected chi connectivity index (χ3v) is 5.81. The number of benzene rings is 3. The maximum absolute atomic E-state index is 12.0. The Kier molecular flexibility index (Phi) is 9.03. The highest BCUT2D eigenvalue weighted by Gasteiger charge is 2.13. The van der Waals surface area contributed by atoms with Gasteiger partial charge in [-0.05, 0) is 63.8 Å². The Hall–Kier alpha value is -2.70. The van der Waals surface area contributed by atoms with Crippen molar-refractivity contribution in [2.24, 2.45) is 5.92 Å². The van der Waals surface area contributed by atoms with E-state index in [-0.39, 0.29) is 5.91 Å². The van der Waals surface area contributed by atoms with Crippen molar-refractivity contribution in [2.45, 2.75) is 33.4 Å². The van der Waals surface area contributed by atoms with Gasteiger partial charge in [0.25, 0.3) is 0 Å². The van der Waals surface area contributed by atoms with E-state index in [4.69, 9.17) is 21.1 Å². The molecule has 0 fully saturated rings. The van der Waals surface area contributed by atoms with Crippen LogP contribution < -0.4 is 20.1 Å². The summed E-state index contributed by atoms with van der Waals surface area (Å²) in [7, 11) is 1.62. The number of anilines is 2. The predicted octanol–water partition coefficient (Wildman–Crippen LogP) is 7.29. The van der Waals surface area contributed by atoms with Gasteiger partial charge < -0.3 is 20.1 Å². The lowest BCUT2D eigenvalue weighted by Gasteiger charge is -2.16. The van der Waals surface area contributed by atoms with Crippen molar-refractivity contribution in [1.29, 1.82) is 0 Å². The SMILES string of the molecule is COc1cc(CNc2cccc(NC(=O)CC(C)C)c2)cc(Br)c1OCc1ccccc1Cl. The number of carbonyl (C=O) groups is 1. The Bertz CT molecular complexity index is 1100. The van der Waals surface area contributed by atoms with E-state index >= 15 is 0 Å². The molecule has 3 aromatic rings. The van der Waals surface area contributed by atoms with E-state index in [0.717, 1.165) is 27.0 Å². The molecule has 0 spiro atoms. The lowest BCUT2D eigenvalue weighted by molar-refractivity contribution is -0.116. The molecule has 0 saturated carbocycles. The molecule has 0 bridgehead atoms. The molecule has 0 saturated heterocycles. The molecule has 0 heterocycles. The van der Waals surface area contributed by atoms with Crippen molar-refractivity contribution in [3.05, 3.63) is 81.3 Å². The lowest BCUT2D eigenvalue weighted by Crippen LogP contribution is -2.13. The van der Waals surface area contributed by atoms with Gasteiger partial charge in [-0.1, -0.05) is 49.7 Å². The van der Waals surface area contributed by atoms with E-state index < -0.39 is 0 Å². The fourth-order valence-corrected chi connectivity index (χ4v) is 4.07. The van der Waals surface area contributed by atoms with Crippen LogP contribution in [-0.2, 0) is 17.9 Å². The number of rotatable bonds is 10. The van der Waals surface area contributed by atoms with E-state index in [9.17, 15) is 4.79 Å². The number of hydrogen-bond acceptors (Lipinski definition) is 4. The molecule has 0 atom stereocenters. The number of methoxy groups -OCH3 is 1. The minimum absolute atomic E-state index is 0.0168. The zero-order chi connectivity index (χ0) is 23.8. The molecular weight excluding hydrogens is 504 g/mol. The summed E-state index contributed by atoms with van der Waals surface area (Å²) >= 11 is 9.84. The molecule has 174 valence electrons. The lowest BCUT2D eigenvalue weighted by atomic mass is 10.1. The summed E-state index contributed by atoms with van der Waals surface area (Å²) in [6.07, 6.45) is 0.496. The summed E-state index contributed by atoms with van der Waals surface area (Å²) in [5.41, 5.74) is 3.59. The second-order valence-corrected chi connectivity index (χ2v) is 9.33. The summed E-state index contributed by atoms with van der Waals surface area (Å²) in [6.45, 7) is 4.96. The van der Waals surface area contributed by atoms with Crippen LogP contribution in [0.2, 0.25) is 5.02 Å². The van der Waals surface area contributed by atoms with Crippen LogP contribution in [0.15, 0.2) is 65.1 Å². The second kappa shape index (κ2) is 12.0. The van der Waals surface area contributed by atoms with Crippen molar-refractivity contribution in [3.63, 3.8) is 0 Å². The van der Waals surface area contributed by atoms with E-state index in [1.807, 2.05) is 74.5 Å². The number of halogens is 2. The summed E-state index contributed by atoms with van der Waals surface area (Å²) < 4.78 is 12.4. The topological polar surface area (TPSA) is 59.6 Å². The maximum Gasteiger partial charge on any atom is 0.224 e. The van der Waals surface area contributed by atoms with Crippen LogP contribution in [0.4, 0.5) is 11.4 Å². The Balaban J connectivity index is 1.66. The van der Waals surface area contributed by atoms with Gasteiger partial charge in [0.2, 0.25) is 5.91 Å². The van der Waals surface area contributed by atoms with Gasteiger partial charge in [0.15, 0.2) is 11.5 Å². The van der Waals surface area contributed by atoms with E-state index in [1.165, 1.54) is 0 Å². The van der Waals surface area contributed by atoms with Gasteiger partial charge in [0.05, 0.1) is 11.6 Å². The standard InChI is InChI=1S/C26H28BrClN2O3/c1-17(2)11-25(31)30-21-9-6-8-20(14-21)29-15-18-12-22(27)26(24(13-18)32-3)33-16-19-7-4-5-10-23(19)28/h4-10,12-14,17,29H,11,15-16H2,1-3H3,(H,30,31). The molecule has 0 radical (unpaired) electrons. The molecule has 33 heavy (non-hydrogen) atoms. The first kappa shape index (κ1) is 24.9. The third kappa shape index (κ3) is 7.41. The van der Waals surface area contributed by atoms with Crippen LogP contribution in [-0.4, -0.2) is 13.0 Å². The summed E-state index contributed by atoms with van der Waals surface area (Å²) in [4.78, 5) is 12.0. The van der Waals surface area contributed by atoms with Crippen LogP contribution in [0, 0.1) is 5.92 Å².